The Morgan fingerprint density at radius 2 is 2.60 bits per heavy atom. The van der Waals surface area contributed by atoms with E-state index in [4.69, 9.17) is 0 Å². The van der Waals surface area contributed by atoms with Gasteiger partial charge in [0.1, 0.15) is 0 Å². The second-order valence-electron chi connectivity index (χ2n) is 2.00. The summed E-state index contributed by atoms with van der Waals surface area (Å²) in [4.78, 5) is 14.2. The molecule has 1 aromatic rings. The lowest BCUT2D eigenvalue weighted by Gasteiger charge is -1.92. The van der Waals surface area contributed by atoms with E-state index in [1.807, 2.05) is 6.92 Å². The first-order chi connectivity index (χ1) is 4.74. The Hall–Kier alpha value is -0.830. The molecule has 0 amide bonds. The third-order valence-corrected chi connectivity index (χ3v) is 2.23. The molecule has 3 heteroatoms. The van der Waals surface area contributed by atoms with Crippen LogP contribution in [0.2, 0.25) is 0 Å². The number of H-pyrrole nitrogens is 1. The quantitative estimate of drug-likeness (QED) is 0.694. The van der Waals surface area contributed by atoms with Crippen LogP contribution in [0, 0.1) is 0 Å². The molecule has 0 atom stereocenters. The number of allylic oxidation sites excluding steroid dienone is 1. The van der Waals surface area contributed by atoms with E-state index in [1.54, 1.807) is 6.20 Å². The highest BCUT2D eigenvalue weighted by Gasteiger charge is 1.98. The fourth-order valence-electron chi connectivity index (χ4n) is 0.632. The summed E-state index contributed by atoms with van der Waals surface area (Å²) in [7, 11) is 0. The van der Waals surface area contributed by atoms with Crippen LogP contribution in [0.5, 0.6) is 0 Å². The van der Waals surface area contributed by atoms with Gasteiger partial charge in [0, 0.05) is 6.20 Å². The van der Waals surface area contributed by atoms with Gasteiger partial charge in [-0.05, 0) is 12.0 Å². The molecular weight excluding hydrogens is 146 g/mol. The van der Waals surface area contributed by atoms with Gasteiger partial charge < -0.3 is 4.98 Å². The fourth-order valence-corrected chi connectivity index (χ4v) is 1.36. The van der Waals surface area contributed by atoms with Gasteiger partial charge in [-0.15, -0.1) is 0 Å². The molecule has 0 spiro atoms. The van der Waals surface area contributed by atoms with Crippen LogP contribution in [0.1, 0.15) is 18.2 Å². The van der Waals surface area contributed by atoms with Crippen LogP contribution in [0.25, 0.3) is 5.57 Å². The Bertz CT molecular complexity index is 284. The second kappa shape index (κ2) is 2.84. The summed E-state index contributed by atoms with van der Waals surface area (Å²) in [5, 5.41) is 0. The maximum Gasteiger partial charge on any atom is 0.305 e. The maximum atomic E-state index is 10.6. The molecule has 0 aliphatic carbocycles. The summed E-state index contributed by atoms with van der Waals surface area (Å²) in [5.41, 5.74) is 1.02. The zero-order chi connectivity index (χ0) is 7.56. The van der Waals surface area contributed by atoms with Crippen LogP contribution >= 0.6 is 11.3 Å². The summed E-state index contributed by atoms with van der Waals surface area (Å²) in [6.45, 7) is 5.83. The van der Waals surface area contributed by atoms with E-state index in [0.717, 1.165) is 16.9 Å². The number of thiazole rings is 1. The smallest absolute Gasteiger partial charge is 0.305 e. The van der Waals surface area contributed by atoms with E-state index < -0.39 is 0 Å². The van der Waals surface area contributed by atoms with Crippen molar-refractivity contribution in [2.24, 2.45) is 0 Å². The summed E-state index contributed by atoms with van der Waals surface area (Å²) in [6.07, 6.45) is 2.60. The second-order valence-corrected chi connectivity index (χ2v) is 3.01. The molecule has 0 radical (unpaired) electrons. The Kier molecular flexibility index (Phi) is 2.06. The maximum absolute atomic E-state index is 10.6. The number of aromatic nitrogens is 1. The van der Waals surface area contributed by atoms with Crippen molar-refractivity contribution >= 4 is 16.9 Å². The van der Waals surface area contributed by atoms with E-state index >= 15 is 0 Å². The molecule has 0 aliphatic heterocycles. The van der Waals surface area contributed by atoms with Crippen LogP contribution < -0.4 is 4.87 Å². The third kappa shape index (κ3) is 1.36. The highest BCUT2D eigenvalue weighted by atomic mass is 32.1. The first kappa shape index (κ1) is 7.28. The van der Waals surface area contributed by atoms with Crippen molar-refractivity contribution < 1.29 is 0 Å². The zero-order valence-electron chi connectivity index (χ0n) is 5.81. The zero-order valence-corrected chi connectivity index (χ0v) is 6.62. The van der Waals surface area contributed by atoms with Crippen molar-refractivity contribution in [3.8, 4) is 0 Å². The molecule has 0 saturated carbocycles. The van der Waals surface area contributed by atoms with Crippen molar-refractivity contribution in [1.82, 2.24) is 4.98 Å². The van der Waals surface area contributed by atoms with E-state index in [9.17, 15) is 4.79 Å². The van der Waals surface area contributed by atoms with Gasteiger partial charge in [-0.3, -0.25) is 4.79 Å². The largest absolute Gasteiger partial charge is 0.319 e. The average molecular weight is 155 g/mol. The van der Waals surface area contributed by atoms with E-state index in [-0.39, 0.29) is 4.87 Å². The minimum Gasteiger partial charge on any atom is -0.319 e. The van der Waals surface area contributed by atoms with Crippen molar-refractivity contribution in [2.75, 3.05) is 0 Å². The van der Waals surface area contributed by atoms with Gasteiger partial charge in [0.2, 0.25) is 0 Å². The SMILES string of the molecule is C=C(CC)c1c[nH]c(=O)s1. The minimum absolute atomic E-state index is 0.00963. The Morgan fingerprint density at radius 1 is 1.90 bits per heavy atom. The summed E-state index contributed by atoms with van der Waals surface area (Å²) in [6, 6.07) is 0. The van der Waals surface area contributed by atoms with Gasteiger partial charge in [-0.1, -0.05) is 24.8 Å². The fraction of sp³-hybridized carbons (Fsp3) is 0.286. The van der Waals surface area contributed by atoms with Crippen molar-refractivity contribution in [3.05, 3.63) is 27.3 Å². The monoisotopic (exact) mass is 155 g/mol. The molecule has 1 rings (SSSR count). The molecule has 10 heavy (non-hydrogen) atoms. The first-order valence-electron chi connectivity index (χ1n) is 3.10. The van der Waals surface area contributed by atoms with Crippen LogP contribution in [0.3, 0.4) is 0 Å². The lowest BCUT2D eigenvalue weighted by atomic mass is 10.2. The third-order valence-electron chi connectivity index (χ3n) is 1.30. The number of rotatable bonds is 2. The van der Waals surface area contributed by atoms with Gasteiger partial charge in [-0.2, -0.15) is 0 Å². The molecule has 0 saturated heterocycles. The van der Waals surface area contributed by atoms with Crippen LogP contribution in [-0.4, -0.2) is 4.98 Å². The summed E-state index contributed by atoms with van der Waals surface area (Å²) < 4.78 is 0. The van der Waals surface area contributed by atoms with Crippen LogP contribution in [0.15, 0.2) is 17.6 Å². The molecular formula is C7H9NOS. The Balaban J connectivity index is 2.95. The molecule has 0 aliphatic rings. The molecule has 0 aromatic carbocycles. The molecule has 1 aromatic heterocycles. The number of hydrogen-bond acceptors (Lipinski definition) is 2. The topological polar surface area (TPSA) is 32.9 Å². The predicted octanol–water partition coefficient (Wildman–Crippen LogP) is 1.86. The van der Waals surface area contributed by atoms with Crippen molar-refractivity contribution in [3.63, 3.8) is 0 Å². The molecule has 2 nitrogen and oxygen atoms in total. The van der Waals surface area contributed by atoms with Crippen LogP contribution in [0.4, 0.5) is 0 Å². The Labute approximate surface area is 63.2 Å². The molecule has 1 heterocycles. The lowest BCUT2D eigenvalue weighted by Crippen LogP contribution is -1.88. The lowest BCUT2D eigenvalue weighted by molar-refractivity contribution is 1.25. The number of hydrogen-bond donors (Lipinski definition) is 1. The molecule has 0 bridgehead atoms. The Morgan fingerprint density at radius 3 is 3.00 bits per heavy atom. The van der Waals surface area contributed by atoms with Gasteiger partial charge in [-0.25, -0.2) is 0 Å². The molecule has 0 fully saturated rings. The minimum atomic E-state index is -0.00963. The normalized spacial score (nSPS) is 9.70. The molecule has 0 unspecified atom stereocenters. The standard InChI is InChI=1S/C7H9NOS/c1-3-5(2)6-4-8-7(9)10-6/h4H,2-3H2,1H3,(H,8,9). The predicted molar refractivity (Wildman–Crippen MR) is 44.3 cm³/mol. The van der Waals surface area contributed by atoms with Gasteiger partial charge in [0.25, 0.3) is 0 Å². The number of aromatic amines is 1. The molecule has 1 N–H and O–H groups in total. The van der Waals surface area contributed by atoms with E-state index in [1.165, 1.54) is 11.3 Å². The first-order valence-corrected chi connectivity index (χ1v) is 3.92. The van der Waals surface area contributed by atoms with Gasteiger partial charge in [0.15, 0.2) is 0 Å². The van der Waals surface area contributed by atoms with E-state index in [2.05, 4.69) is 11.6 Å². The van der Waals surface area contributed by atoms with E-state index in [0.29, 0.717) is 0 Å². The highest BCUT2D eigenvalue weighted by molar-refractivity contribution is 7.10. The van der Waals surface area contributed by atoms with Crippen molar-refractivity contribution in [1.29, 1.82) is 0 Å². The summed E-state index contributed by atoms with van der Waals surface area (Å²) >= 11 is 1.21. The highest BCUT2D eigenvalue weighted by Crippen LogP contribution is 2.15. The number of nitrogens with one attached hydrogen (secondary N) is 1. The van der Waals surface area contributed by atoms with Gasteiger partial charge >= 0.3 is 4.87 Å². The van der Waals surface area contributed by atoms with Crippen molar-refractivity contribution in [2.45, 2.75) is 13.3 Å². The van der Waals surface area contributed by atoms with Gasteiger partial charge in [0.05, 0.1) is 4.88 Å². The molecule has 54 valence electrons. The summed E-state index contributed by atoms with van der Waals surface area (Å²) in [5.74, 6) is 0. The average Bonchev–Trinajstić information content (AvgIpc) is 2.34. The van der Waals surface area contributed by atoms with Crippen LogP contribution in [-0.2, 0) is 0 Å².